The molecule has 0 rings (SSSR count). The van der Waals surface area contributed by atoms with E-state index in [1.165, 1.54) is 0 Å². The van der Waals surface area contributed by atoms with Crippen molar-refractivity contribution < 1.29 is 29.7 Å². The number of rotatable bonds is 8. The van der Waals surface area contributed by atoms with Gasteiger partial charge in [0.2, 0.25) is 5.91 Å². The van der Waals surface area contributed by atoms with E-state index < -0.39 is 36.4 Å². The van der Waals surface area contributed by atoms with Crippen LogP contribution in [0.5, 0.6) is 0 Å². The lowest BCUT2D eigenvalue weighted by molar-refractivity contribution is -0.142. The van der Waals surface area contributed by atoms with Gasteiger partial charge in [-0.25, -0.2) is 4.79 Å². The standard InChI is InChI=1S/C10H16N2O6/c1-5(13)2-3-7(10(17)18)12-8(14)4-6(11)9(15)16/h6-7,13H,1-4,11H2,(H,12,14)(H,15,16)(H,17,18)/t6-,7-/m1/s1. The third-order valence-electron chi connectivity index (χ3n) is 2.08. The maximum absolute atomic E-state index is 11.3. The Balaban J connectivity index is 4.32. The van der Waals surface area contributed by atoms with Crippen LogP contribution in [0.3, 0.4) is 0 Å². The number of hydrogen-bond acceptors (Lipinski definition) is 5. The average Bonchev–Trinajstić information content (AvgIpc) is 2.23. The molecule has 0 saturated carbocycles. The Morgan fingerprint density at radius 3 is 2.11 bits per heavy atom. The summed E-state index contributed by atoms with van der Waals surface area (Å²) >= 11 is 0. The van der Waals surface area contributed by atoms with Crippen LogP contribution in [0.4, 0.5) is 0 Å². The topological polar surface area (TPSA) is 150 Å². The van der Waals surface area contributed by atoms with E-state index in [9.17, 15) is 14.4 Å². The van der Waals surface area contributed by atoms with Crippen LogP contribution in [-0.2, 0) is 14.4 Å². The molecule has 0 aromatic carbocycles. The second-order valence-corrected chi connectivity index (χ2v) is 3.71. The Labute approximate surface area is 103 Å². The molecular formula is C10H16N2O6. The largest absolute Gasteiger partial charge is 0.513 e. The van der Waals surface area contributed by atoms with E-state index >= 15 is 0 Å². The normalized spacial score (nSPS) is 13.4. The van der Waals surface area contributed by atoms with Crippen LogP contribution < -0.4 is 11.1 Å². The van der Waals surface area contributed by atoms with Crippen molar-refractivity contribution >= 4 is 17.8 Å². The molecule has 8 heteroatoms. The number of nitrogens with one attached hydrogen (secondary N) is 1. The van der Waals surface area contributed by atoms with Crippen LogP contribution in [-0.4, -0.2) is 45.2 Å². The van der Waals surface area contributed by atoms with Crippen LogP contribution in [0.2, 0.25) is 0 Å². The van der Waals surface area contributed by atoms with Gasteiger partial charge in [-0.1, -0.05) is 6.58 Å². The minimum absolute atomic E-state index is 0.0161. The predicted molar refractivity (Wildman–Crippen MR) is 60.8 cm³/mol. The van der Waals surface area contributed by atoms with Crippen LogP contribution in [0, 0.1) is 0 Å². The molecule has 0 heterocycles. The highest BCUT2D eigenvalue weighted by Crippen LogP contribution is 2.04. The van der Waals surface area contributed by atoms with Gasteiger partial charge in [-0.2, -0.15) is 0 Å². The van der Waals surface area contributed by atoms with E-state index in [-0.39, 0.29) is 18.6 Å². The number of allylic oxidation sites excluding steroid dienone is 1. The number of aliphatic hydroxyl groups excluding tert-OH is 1. The van der Waals surface area contributed by atoms with E-state index in [1.807, 2.05) is 0 Å². The molecule has 0 saturated heterocycles. The van der Waals surface area contributed by atoms with Crippen molar-refractivity contribution in [3.8, 4) is 0 Å². The summed E-state index contributed by atoms with van der Waals surface area (Å²) < 4.78 is 0. The number of carboxylic acid groups (broad SMARTS) is 2. The number of amides is 1. The highest BCUT2D eigenvalue weighted by Gasteiger charge is 2.22. The molecule has 0 aliphatic carbocycles. The van der Waals surface area contributed by atoms with Crippen LogP contribution >= 0.6 is 0 Å². The van der Waals surface area contributed by atoms with E-state index in [1.54, 1.807) is 0 Å². The van der Waals surface area contributed by atoms with Gasteiger partial charge in [0, 0.05) is 6.42 Å². The van der Waals surface area contributed by atoms with Gasteiger partial charge in [-0.05, 0) is 6.42 Å². The molecule has 0 bridgehead atoms. The molecule has 0 unspecified atom stereocenters. The SMILES string of the molecule is C=C(O)CC[C@@H](NC(=O)C[C@@H](N)C(=O)O)C(=O)O. The van der Waals surface area contributed by atoms with Gasteiger partial charge in [0.05, 0.1) is 12.2 Å². The number of hydrogen-bond donors (Lipinski definition) is 5. The van der Waals surface area contributed by atoms with E-state index in [2.05, 4.69) is 11.9 Å². The molecule has 18 heavy (non-hydrogen) atoms. The predicted octanol–water partition coefficient (Wildman–Crippen LogP) is -0.790. The van der Waals surface area contributed by atoms with Crippen molar-refractivity contribution in [1.29, 1.82) is 0 Å². The highest BCUT2D eigenvalue weighted by atomic mass is 16.4. The Morgan fingerprint density at radius 2 is 1.72 bits per heavy atom. The molecule has 0 aliphatic heterocycles. The first-order valence-corrected chi connectivity index (χ1v) is 5.11. The van der Waals surface area contributed by atoms with Crippen LogP contribution in [0.25, 0.3) is 0 Å². The van der Waals surface area contributed by atoms with E-state index in [4.69, 9.17) is 21.1 Å². The summed E-state index contributed by atoms with van der Waals surface area (Å²) in [6.07, 6.45) is -0.542. The Bertz CT molecular complexity index is 354. The number of carboxylic acids is 2. The lowest BCUT2D eigenvalue weighted by atomic mass is 10.1. The smallest absolute Gasteiger partial charge is 0.326 e. The average molecular weight is 260 g/mol. The Morgan fingerprint density at radius 1 is 1.17 bits per heavy atom. The first kappa shape index (κ1) is 15.9. The first-order chi connectivity index (χ1) is 8.23. The molecule has 102 valence electrons. The quantitative estimate of drug-likeness (QED) is 0.359. The van der Waals surface area contributed by atoms with Gasteiger partial charge in [0.15, 0.2) is 0 Å². The van der Waals surface area contributed by atoms with Crippen LogP contribution in [0.15, 0.2) is 12.3 Å². The number of carbonyl (C=O) groups excluding carboxylic acids is 1. The van der Waals surface area contributed by atoms with Gasteiger partial charge >= 0.3 is 11.9 Å². The molecule has 0 aromatic rings. The fraction of sp³-hybridized carbons (Fsp3) is 0.500. The van der Waals surface area contributed by atoms with Gasteiger partial charge in [0.25, 0.3) is 0 Å². The molecule has 8 nitrogen and oxygen atoms in total. The molecule has 0 fully saturated rings. The highest BCUT2D eigenvalue weighted by molar-refractivity contribution is 5.87. The first-order valence-electron chi connectivity index (χ1n) is 5.11. The zero-order valence-electron chi connectivity index (χ0n) is 9.63. The maximum atomic E-state index is 11.3. The van der Waals surface area contributed by atoms with E-state index in [0.29, 0.717) is 0 Å². The lowest BCUT2D eigenvalue weighted by Gasteiger charge is -2.15. The minimum atomic E-state index is -1.38. The third kappa shape index (κ3) is 6.48. The Kier molecular flexibility index (Phi) is 6.43. The molecule has 0 aliphatic rings. The summed E-state index contributed by atoms with van der Waals surface area (Å²) in [7, 11) is 0. The summed E-state index contributed by atoms with van der Waals surface area (Å²) in [4.78, 5) is 32.5. The zero-order valence-corrected chi connectivity index (χ0v) is 9.63. The summed E-state index contributed by atoms with van der Waals surface area (Å²) in [6.45, 7) is 3.19. The van der Waals surface area contributed by atoms with Crippen molar-refractivity contribution in [1.82, 2.24) is 5.32 Å². The van der Waals surface area contributed by atoms with Gasteiger partial charge in [-0.3, -0.25) is 9.59 Å². The summed E-state index contributed by atoms with van der Waals surface area (Å²) in [6, 6.07) is -2.60. The summed E-state index contributed by atoms with van der Waals surface area (Å²) in [5.74, 6) is -3.60. The number of aliphatic hydroxyl groups is 1. The summed E-state index contributed by atoms with van der Waals surface area (Å²) in [5.41, 5.74) is 5.13. The molecule has 6 N–H and O–H groups in total. The second-order valence-electron chi connectivity index (χ2n) is 3.71. The number of nitrogens with two attached hydrogens (primary N) is 1. The third-order valence-corrected chi connectivity index (χ3v) is 2.08. The van der Waals surface area contributed by atoms with Gasteiger partial charge in [-0.15, -0.1) is 0 Å². The molecule has 1 amide bonds. The van der Waals surface area contributed by atoms with Crippen molar-refractivity contribution in [2.24, 2.45) is 5.73 Å². The van der Waals surface area contributed by atoms with Crippen molar-refractivity contribution in [2.75, 3.05) is 0 Å². The molecule has 0 aromatic heterocycles. The molecule has 0 spiro atoms. The Hall–Kier alpha value is -2.09. The maximum Gasteiger partial charge on any atom is 0.326 e. The summed E-state index contributed by atoms with van der Waals surface area (Å²) in [5, 5.41) is 28.3. The van der Waals surface area contributed by atoms with Crippen LogP contribution in [0.1, 0.15) is 19.3 Å². The fourth-order valence-corrected chi connectivity index (χ4v) is 1.11. The van der Waals surface area contributed by atoms with Crippen molar-refractivity contribution in [3.05, 3.63) is 12.3 Å². The second kappa shape index (κ2) is 7.28. The molecular weight excluding hydrogens is 244 g/mol. The molecule has 2 atom stereocenters. The van der Waals surface area contributed by atoms with Crippen molar-refractivity contribution in [2.45, 2.75) is 31.3 Å². The van der Waals surface area contributed by atoms with Gasteiger partial charge < -0.3 is 26.4 Å². The number of carbonyl (C=O) groups is 3. The van der Waals surface area contributed by atoms with E-state index in [0.717, 1.165) is 0 Å². The van der Waals surface area contributed by atoms with Gasteiger partial charge in [0.1, 0.15) is 12.1 Å². The number of aliphatic carboxylic acids is 2. The lowest BCUT2D eigenvalue weighted by Crippen LogP contribution is -2.44. The monoisotopic (exact) mass is 260 g/mol. The molecule has 0 radical (unpaired) electrons. The van der Waals surface area contributed by atoms with Crippen molar-refractivity contribution in [3.63, 3.8) is 0 Å². The fourth-order valence-electron chi connectivity index (χ4n) is 1.11. The minimum Gasteiger partial charge on any atom is -0.513 e. The zero-order chi connectivity index (χ0) is 14.3.